The summed E-state index contributed by atoms with van der Waals surface area (Å²) in [6, 6.07) is 6.50. The quantitative estimate of drug-likeness (QED) is 0.923. The van der Waals surface area contributed by atoms with Crippen LogP contribution in [-0.4, -0.2) is 20.1 Å². The summed E-state index contributed by atoms with van der Waals surface area (Å²) >= 11 is 3.61. The molecule has 1 aromatic rings. The molecule has 0 radical (unpaired) electrons. The third kappa shape index (κ3) is 4.68. The van der Waals surface area contributed by atoms with Crippen LogP contribution in [0.5, 0.6) is 0 Å². The van der Waals surface area contributed by atoms with E-state index in [0.717, 1.165) is 17.4 Å². The Bertz CT molecular complexity index is 369. The zero-order valence-electron chi connectivity index (χ0n) is 11.3. The molecule has 2 nitrogen and oxygen atoms in total. The van der Waals surface area contributed by atoms with Gasteiger partial charge >= 0.3 is 0 Å². The Hall–Kier alpha value is -0.540. The number of benzene rings is 1. The van der Waals surface area contributed by atoms with Crippen LogP contribution < -0.4 is 10.6 Å². The van der Waals surface area contributed by atoms with Gasteiger partial charge < -0.3 is 10.6 Å². The average Bonchev–Trinajstić information content (AvgIpc) is 2.18. The van der Waals surface area contributed by atoms with Crippen LogP contribution >= 0.6 is 15.9 Å². The molecule has 0 bridgehead atoms. The van der Waals surface area contributed by atoms with Gasteiger partial charge in [0, 0.05) is 23.8 Å². The van der Waals surface area contributed by atoms with E-state index < -0.39 is 0 Å². The molecular formula is C14H23BrN2. The Morgan fingerprint density at radius 1 is 1.29 bits per heavy atom. The molecule has 0 saturated heterocycles. The van der Waals surface area contributed by atoms with E-state index >= 15 is 0 Å². The van der Waals surface area contributed by atoms with Gasteiger partial charge in [-0.2, -0.15) is 0 Å². The molecule has 0 aliphatic carbocycles. The van der Waals surface area contributed by atoms with E-state index in [4.69, 9.17) is 5.73 Å². The maximum atomic E-state index is 5.58. The van der Waals surface area contributed by atoms with Gasteiger partial charge in [-0.25, -0.2) is 0 Å². The van der Waals surface area contributed by atoms with Gasteiger partial charge in [-0.15, -0.1) is 0 Å². The van der Waals surface area contributed by atoms with E-state index in [0.29, 0.717) is 12.0 Å². The zero-order valence-corrected chi connectivity index (χ0v) is 12.8. The fourth-order valence-electron chi connectivity index (χ4n) is 1.93. The van der Waals surface area contributed by atoms with E-state index in [2.05, 4.69) is 66.8 Å². The lowest BCUT2D eigenvalue weighted by Gasteiger charge is -2.28. The van der Waals surface area contributed by atoms with Crippen molar-refractivity contribution in [3.05, 3.63) is 28.2 Å². The first-order valence-electron chi connectivity index (χ1n) is 6.03. The molecule has 0 saturated carbocycles. The summed E-state index contributed by atoms with van der Waals surface area (Å²) in [5.74, 6) is 0. The lowest BCUT2D eigenvalue weighted by molar-refractivity contribution is 0.419. The van der Waals surface area contributed by atoms with Crippen LogP contribution in [0.1, 0.15) is 26.3 Å². The summed E-state index contributed by atoms with van der Waals surface area (Å²) in [6.07, 6.45) is 0.920. The van der Waals surface area contributed by atoms with Crippen molar-refractivity contribution >= 4 is 21.6 Å². The number of anilines is 1. The SMILES string of the molecule is CN(CC(C)(C)C)c1ccc(CCN)c(Br)c1. The maximum absolute atomic E-state index is 5.58. The second-order valence-corrected chi connectivity index (χ2v) is 6.59. The third-order valence-electron chi connectivity index (χ3n) is 2.60. The van der Waals surface area contributed by atoms with Crippen molar-refractivity contribution < 1.29 is 0 Å². The molecule has 0 aliphatic heterocycles. The minimum atomic E-state index is 0.303. The number of hydrogen-bond donors (Lipinski definition) is 1. The van der Waals surface area contributed by atoms with Gasteiger partial charge in [-0.1, -0.05) is 42.8 Å². The first kappa shape index (κ1) is 14.5. The van der Waals surface area contributed by atoms with Gasteiger partial charge in [-0.3, -0.25) is 0 Å². The summed E-state index contributed by atoms with van der Waals surface area (Å²) in [5.41, 5.74) is 8.40. The van der Waals surface area contributed by atoms with Crippen molar-refractivity contribution in [3.63, 3.8) is 0 Å². The van der Waals surface area contributed by atoms with Crippen molar-refractivity contribution in [2.75, 3.05) is 25.0 Å². The zero-order chi connectivity index (χ0) is 13.1. The van der Waals surface area contributed by atoms with Crippen molar-refractivity contribution in [1.29, 1.82) is 0 Å². The number of rotatable bonds is 4. The summed E-state index contributed by atoms with van der Waals surface area (Å²) in [7, 11) is 2.13. The minimum absolute atomic E-state index is 0.303. The van der Waals surface area contributed by atoms with Crippen molar-refractivity contribution in [3.8, 4) is 0 Å². The third-order valence-corrected chi connectivity index (χ3v) is 3.34. The molecule has 0 unspecified atom stereocenters. The summed E-state index contributed by atoms with van der Waals surface area (Å²) in [4.78, 5) is 2.29. The molecular weight excluding hydrogens is 276 g/mol. The highest BCUT2D eigenvalue weighted by atomic mass is 79.9. The molecule has 3 heteroatoms. The molecule has 0 heterocycles. The van der Waals surface area contributed by atoms with Gasteiger partial charge in [0.2, 0.25) is 0 Å². The first-order chi connectivity index (χ1) is 7.83. The number of hydrogen-bond acceptors (Lipinski definition) is 2. The van der Waals surface area contributed by atoms with Crippen LogP contribution in [0.4, 0.5) is 5.69 Å². The molecule has 0 spiro atoms. The van der Waals surface area contributed by atoms with Gasteiger partial charge in [0.25, 0.3) is 0 Å². The number of halogens is 1. The molecule has 96 valence electrons. The Kier molecular flexibility index (Phi) is 5.02. The first-order valence-corrected chi connectivity index (χ1v) is 6.82. The molecule has 17 heavy (non-hydrogen) atoms. The monoisotopic (exact) mass is 298 g/mol. The highest BCUT2D eigenvalue weighted by molar-refractivity contribution is 9.10. The van der Waals surface area contributed by atoms with Crippen LogP contribution in [0, 0.1) is 5.41 Å². The van der Waals surface area contributed by atoms with E-state index in [-0.39, 0.29) is 0 Å². The molecule has 0 atom stereocenters. The normalized spacial score (nSPS) is 11.6. The average molecular weight is 299 g/mol. The Morgan fingerprint density at radius 2 is 1.94 bits per heavy atom. The van der Waals surface area contributed by atoms with Crippen LogP contribution in [-0.2, 0) is 6.42 Å². The minimum Gasteiger partial charge on any atom is -0.374 e. The Balaban J connectivity index is 2.82. The Morgan fingerprint density at radius 3 is 2.41 bits per heavy atom. The van der Waals surface area contributed by atoms with Gasteiger partial charge in [0.15, 0.2) is 0 Å². The van der Waals surface area contributed by atoms with Crippen molar-refractivity contribution in [2.45, 2.75) is 27.2 Å². The van der Waals surface area contributed by atoms with Gasteiger partial charge in [-0.05, 0) is 36.1 Å². The summed E-state index contributed by atoms with van der Waals surface area (Å²) in [6.45, 7) is 8.48. The number of nitrogens with two attached hydrogens (primary N) is 1. The second-order valence-electron chi connectivity index (χ2n) is 5.73. The van der Waals surface area contributed by atoms with E-state index in [9.17, 15) is 0 Å². The van der Waals surface area contributed by atoms with Crippen LogP contribution in [0.15, 0.2) is 22.7 Å². The molecule has 2 N–H and O–H groups in total. The van der Waals surface area contributed by atoms with Gasteiger partial charge in [0.05, 0.1) is 0 Å². The topological polar surface area (TPSA) is 29.3 Å². The van der Waals surface area contributed by atoms with Gasteiger partial charge in [0.1, 0.15) is 0 Å². The lowest BCUT2D eigenvalue weighted by Crippen LogP contribution is -2.29. The van der Waals surface area contributed by atoms with E-state index in [1.54, 1.807) is 0 Å². The largest absolute Gasteiger partial charge is 0.374 e. The van der Waals surface area contributed by atoms with Crippen molar-refractivity contribution in [2.24, 2.45) is 11.1 Å². The van der Waals surface area contributed by atoms with E-state index in [1.807, 2.05) is 0 Å². The molecule has 0 aliphatic rings. The highest BCUT2D eigenvalue weighted by Gasteiger charge is 2.14. The fraction of sp³-hybridized carbons (Fsp3) is 0.571. The highest BCUT2D eigenvalue weighted by Crippen LogP contribution is 2.26. The lowest BCUT2D eigenvalue weighted by atomic mass is 9.96. The van der Waals surface area contributed by atoms with Crippen LogP contribution in [0.2, 0.25) is 0 Å². The molecule has 1 aromatic carbocycles. The maximum Gasteiger partial charge on any atom is 0.0375 e. The Labute approximate surface area is 113 Å². The molecule has 1 rings (SSSR count). The molecule has 0 fully saturated rings. The fourth-order valence-corrected chi connectivity index (χ4v) is 2.50. The van der Waals surface area contributed by atoms with Crippen LogP contribution in [0.3, 0.4) is 0 Å². The number of nitrogens with zero attached hydrogens (tertiary/aromatic N) is 1. The molecule has 0 aromatic heterocycles. The predicted molar refractivity (Wildman–Crippen MR) is 79.6 cm³/mol. The summed E-state index contributed by atoms with van der Waals surface area (Å²) in [5, 5.41) is 0. The molecule has 0 amide bonds. The van der Waals surface area contributed by atoms with E-state index in [1.165, 1.54) is 11.3 Å². The predicted octanol–water partition coefficient (Wildman–Crippen LogP) is 3.43. The van der Waals surface area contributed by atoms with Crippen LogP contribution in [0.25, 0.3) is 0 Å². The van der Waals surface area contributed by atoms with Crippen molar-refractivity contribution in [1.82, 2.24) is 0 Å². The summed E-state index contributed by atoms with van der Waals surface area (Å²) < 4.78 is 1.15. The second kappa shape index (κ2) is 5.87. The smallest absolute Gasteiger partial charge is 0.0375 e. The standard InChI is InChI=1S/C14H23BrN2/c1-14(2,3)10-17(4)12-6-5-11(7-8-16)13(15)9-12/h5-6,9H,7-8,10,16H2,1-4H3.